The highest BCUT2D eigenvalue weighted by atomic mass is 16.5. The number of rotatable bonds is 5. The number of nitrogens with zero attached hydrogens (tertiary/aromatic N) is 3. The Labute approximate surface area is 134 Å². The van der Waals surface area contributed by atoms with Crippen molar-refractivity contribution in [3.63, 3.8) is 0 Å². The van der Waals surface area contributed by atoms with E-state index in [4.69, 9.17) is 9.15 Å². The molecule has 0 radical (unpaired) electrons. The molecule has 3 rings (SSSR count). The zero-order chi connectivity index (χ0) is 16.9. The molecule has 0 spiro atoms. The van der Waals surface area contributed by atoms with Gasteiger partial charge in [0, 0.05) is 17.8 Å². The first-order chi connectivity index (χ1) is 11.6. The molecule has 1 aromatic carbocycles. The average molecular weight is 328 g/mol. The van der Waals surface area contributed by atoms with Crippen LogP contribution in [0, 0.1) is 0 Å². The first kappa shape index (κ1) is 15.4. The van der Waals surface area contributed by atoms with Gasteiger partial charge in [-0.2, -0.15) is 0 Å². The summed E-state index contributed by atoms with van der Waals surface area (Å²) in [5, 5.41) is 7.66. The molecule has 0 atom stereocenters. The van der Waals surface area contributed by atoms with Crippen LogP contribution in [-0.4, -0.2) is 25.7 Å². The summed E-state index contributed by atoms with van der Waals surface area (Å²) in [6, 6.07) is 10.3. The normalized spacial score (nSPS) is 10.5. The van der Waals surface area contributed by atoms with E-state index in [0.717, 1.165) is 16.2 Å². The Morgan fingerprint density at radius 2 is 1.96 bits per heavy atom. The third-order valence-electron chi connectivity index (χ3n) is 3.04. The van der Waals surface area contributed by atoms with E-state index in [-0.39, 0.29) is 19.0 Å². The van der Waals surface area contributed by atoms with Crippen LogP contribution in [0.2, 0.25) is 0 Å². The SMILES string of the molecule is O=C(Cn1ccc(=O)[nH]c1=O)OCc1nnc(-c2ccccc2)o1. The molecule has 9 heteroatoms. The van der Waals surface area contributed by atoms with Crippen LogP contribution < -0.4 is 11.2 Å². The van der Waals surface area contributed by atoms with Gasteiger partial charge in [0.15, 0.2) is 6.61 Å². The Bertz CT molecular complexity index is 957. The lowest BCUT2D eigenvalue weighted by atomic mass is 10.2. The quantitative estimate of drug-likeness (QED) is 0.670. The lowest BCUT2D eigenvalue weighted by Crippen LogP contribution is -2.31. The van der Waals surface area contributed by atoms with Crippen molar-refractivity contribution in [3.8, 4) is 11.5 Å². The van der Waals surface area contributed by atoms with Gasteiger partial charge in [0.05, 0.1) is 0 Å². The number of aromatic nitrogens is 4. The Morgan fingerprint density at radius 3 is 2.71 bits per heavy atom. The van der Waals surface area contributed by atoms with E-state index in [1.807, 2.05) is 35.3 Å². The van der Waals surface area contributed by atoms with Gasteiger partial charge < -0.3 is 9.15 Å². The van der Waals surface area contributed by atoms with Crippen LogP contribution in [0.3, 0.4) is 0 Å². The van der Waals surface area contributed by atoms with Crippen LogP contribution in [0.15, 0.2) is 56.6 Å². The molecule has 122 valence electrons. The van der Waals surface area contributed by atoms with Crippen LogP contribution in [0.1, 0.15) is 5.89 Å². The Hall–Kier alpha value is -3.49. The van der Waals surface area contributed by atoms with Gasteiger partial charge in [0.25, 0.3) is 11.4 Å². The lowest BCUT2D eigenvalue weighted by molar-refractivity contribution is -0.146. The first-order valence-corrected chi connectivity index (χ1v) is 6.95. The largest absolute Gasteiger partial charge is 0.454 e. The van der Waals surface area contributed by atoms with Crippen LogP contribution in [0.25, 0.3) is 11.5 Å². The van der Waals surface area contributed by atoms with E-state index in [1.165, 1.54) is 6.20 Å². The van der Waals surface area contributed by atoms with E-state index in [0.29, 0.717) is 5.89 Å². The molecule has 0 aliphatic rings. The fourth-order valence-electron chi connectivity index (χ4n) is 1.91. The van der Waals surface area contributed by atoms with Gasteiger partial charge in [-0.15, -0.1) is 10.2 Å². The molecule has 0 unspecified atom stereocenters. The van der Waals surface area contributed by atoms with Crippen molar-refractivity contribution in [2.24, 2.45) is 0 Å². The van der Waals surface area contributed by atoms with Crippen molar-refractivity contribution in [2.75, 3.05) is 0 Å². The number of ether oxygens (including phenoxy) is 1. The third kappa shape index (κ3) is 3.64. The molecule has 9 nitrogen and oxygen atoms in total. The minimum absolute atomic E-state index is 0.135. The third-order valence-corrected chi connectivity index (χ3v) is 3.04. The summed E-state index contributed by atoms with van der Waals surface area (Å²) in [6.45, 7) is -0.550. The van der Waals surface area contributed by atoms with Crippen molar-refractivity contribution in [1.82, 2.24) is 19.7 Å². The van der Waals surface area contributed by atoms with Crippen molar-refractivity contribution in [2.45, 2.75) is 13.2 Å². The van der Waals surface area contributed by atoms with Gasteiger partial charge >= 0.3 is 11.7 Å². The monoisotopic (exact) mass is 328 g/mol. The molecule has 0 aliphatic carbocycles. The van der Waals surface area contributed by atoms with Crippen LogP contribution in [-0.2, 0) is 22.7 Å². The number of esters is 1. The molecule has 24 heavy (non-hydrogen) atoms. The molecule has 1 N–H and O–H groups in total. The van der Waals surface area contributed by atoms with Gasteiger partial charge in [0.2, 0.25) is 5.89 Å². The Balaban J connectivity index is 1.60. The number of benzene rings is 1. The molecule has 0 saturated heterocycles. The van der Waals surface area contributed by atoms with Gasteiger partial charge in [-0.3, -0.25) is 19.1 Å². The number of nitrogens with one attached hydrogen (secondary N) is 1. The number of hydrogen-bond acceptors (Lipinski definition) is 7. The number of carbonyl (C=O) groups is 1. The number of H-pyrrole nitrogens is 1. The first-order valence-electron chi connectivity index (χ1n) is 6.95. The molecular formula is C15H12N4O5. The van der Waals surface area contributed by atoms with E-state index in [2.05, 4.69) is 10.2 Å². The predicted octanol–water partition coefficient (Wildman–Crippen LogP) is 0.330. The minimum Gasteiger partial charge on any atom is -0.454 e. The fraction of sp³-hybridized carbons (Fsp3) is 0.133. The molecule has 2 heterocycles. The average Bonchev–Trinajstić information content (AvgIpc) is 3.05. The highest BCUT2D eigenvalue weighted by Crippen LogP contribution is 2.17. The molecule has 0 bridgehead atoms. The second-order valence-electron chi connectivity index (χ2n) is 4.77. The molecule has 0 aliphatic heterocycles. The fourth-order valence-corrected chi connectivity index (χ4v) is 1.91. The minimum atomic E-state index is -0.691. The molecular weight excluding hydrogens is 316 g/mol. The highest BCUT2D eigenvalue weighted by molar-refractivity contribution is 5.69. The van der Waals surface area contributed by atoms with Crippen molar-refractivity contribution < 1.29 is 13.9 Å². The summed E-state index contributed by atoms with van der Waals surface area (Å²) >= 11 is 0. The van der Waals surface area contributed by atoms with Gasteiger partial charge in [-0.05, 0) is 12.1 Å². The van der Waals surface area contributed by atoms with E-state index >= 15 is 0 Å². The smallest absolute Gasteiger partial charge is 0.328 e. The molecule has 0 saturated carbocycles. The van der Waals surface area contributed by atoms with Crippen molar-refractivity contribution in [1.29, 1.82) is 0 Å². The summed E-state index contributed by atoms with van der Waals surface area (Å²) in [4.78, 5) is 36.2. The number of aromatic amines is 1. The maximum atomic E-state index is 11.7. The zero-order valence-electron chi connectivity index (χ0n) is 12.3. The van der Waals surface area contributed by atoms with E-state index in [9.17, 15) is 14.4 Å². The number of carbonyl (C=O) groups excluding carboxylic acids is 1. The van der Waals surface area contributed by atoms with Crippen molar-refractivity contribution >= 4 is 5.97 Å². The van der Waals surface area contributed by atoms with Crippen LogP contribution in [0.5, 0.6) is 0 Å². The summed E-state index contributed by atoms with van der Waals surface area (Å²) < 4.78 is 11.4. The summed E-state index contributed by atoms with van der Waals surface area (Å²) in [6.07, 6.45) is 1.21. The standard InChI is InChI=1S/C15H12N4O5/c20-11-6-7-19(15(22)16-11)8-13(21)23-9-12-17-18-14(24-12)10-4-2-1-3-5-10/h1-7H,8-9H2,(H,16,20,22). The Morgan fingerprint density at radius 1 is 1.17 bits per heavy atom. The maximum absolute atomic E-state index is 11.7. The van der Waals surface area contributed by atoms with Gasteiger partial charge in [-0.25, -0.2) is 4.79 Å². The van der Waals surface area contributed by atoms with Gasteiger partial charge in [0.1, 0.15) is 6.54 Å². The van der Waals surface area contributed by atoms with Crippen LogP contribution in [0.4, 0.5) is 0 Å². The summed E-state index contributed by atoms with van der Waals surface area (Å²) in [5.74, 6) is -0.224. The van der Waals surface area contributed by atoms with Crippen molar-refractivity contribution in [3.05, 3.63) is 69.3 Å². The second-order valence-corrected chi connectivity index (χ2v) is 4.77. The molecule has 0 fully saturated rings. The van der Waals surface area contributed by atoms with Gasteiger partial charge in [-0.1, -0.05) is 18.2 Å². The van der Waals surface area contributed by atoms with E-state index in [1.54, 1.807) is 0 Å². The topological polar surface area (TPSA) is 120 Å². The lowest BCUT2D eigenvalue weighted by Gasteiger charge is -2.04. The molecule has 2 aromatic heterocycles. The van der Waals surface area contributed by atoms with E-state index < -0.39 is 17.2 Å². The highest BCUT2D eigenvalue weighted by Gasteiger charge is 2.11. The molecule has 3 aromatic rings. The number of hydrogen-bond donors (Lipinski definition) is 1. The molecule has 0 amide bonds. The second kappa shape index (κ2) is 6.73. The summed E-state index contributed by atoms with van der Waals surface area (Å²) in [5.41, 5.74) is -0.477. The zero-order valence-corrected chi connectivity index (χ0v) is 12.3. The maximum Gasteiger partial charge on any atom is 0.328 e. The predicted molar refractivity (Wildman–Crippen MR) is 80.9 cm³/mol. The Kier molecular flexibility index (Phi) is 4.32. The summed E-state index contributed by atoms with van der Waals surface area (Å²) in [7, 11) is 0. The van der Waals surface area contributed by atoms with Crippen LogP contribution >= 0.6 is 0 Å².